The van der Waals surface area contributed by atoms with Gasteiger partial charge in [-0.2, -0.15) is 4.98 Å². The number of hydrogen-bond acceptors (Lipinski definition) is 4. The minimum absolute atomic E-state index is 0.0284. The summed E-state index contributed by atoms with van der Waals surface area (Å²) >= 11 is 3.17. The number of aryl methyl sites for hydroxylation is 1. The van der Waals surface area contributed by atoms with E-state index in [0.717, 1.165) is 0 Å². The summed E-state index contributed by atoms with van der Waals surface area (Å²) in [6.45, 7) is 2.03. The second kappa shape index (κ2) is 4.96. The summed E-state index contributed by atoms with van der Waals surface area (Å²) in [5.41, 5.74) is 0. The van der Waals surface area contributed by atoms with Crippen molar-refractivity contribution in [3.05, 3.63) is 11.7 Å². The number of carbonyl (C=O) groups excluding carboxylic acids is 1. The third-order valence-electron chi connectivity index (χ3n) is 1.33. The van der Waals surface area contributed by atoms with E-state index >= 15 is 0 Å². The number of aromatic nitrogens is 2. The van der Waals surface area contributed by atoms with Crippen LogP contribution in [0.3, 0.4) is 0 Å². The van der Waals surface area contributed by atoms with Gasteiger partial charge < -0.3 is 9.84 Å². The lowest BCUT2D eigenvalue weighted by Gasteiger charge is -1.98. The molecule has 1 heterocycles. The molecule has 0 saturated heterocycles. The van der Waals surface area contributed by atoms with Crippen molar-refractivity contribution in [3.8, 4) is 0 Å². The van der Waals surface area contributed by atoms with Crippen molar-refractivity contribution in [2.24, 2.45) is 0 Å². The molecule has 72 valence electrons. The van der Waals surface area contributed by atoms with Crippen LogP contribution in [0.15, 0.2) is 4.52 Å². The summed E-state index contributed by atoms with van der Waals surface area (Å²) in [6, 6.07) is 0. The van der Waals surface area contributed by atoms with Crippen LogP contribution in [0.25, 0.3) is 0 Å². The Morgan fingerprint density at radius 2 is 2.46 bits per heavy atom. The molecule has 0 radical (unpaired) electrons. The van der Waals surface area contributed by atoms with Crippen molar-refractivity contribution in [2.75, 3.05) is 5.33 Å². The molecule has 6 heteroatoms. The fraction of sp³-hybridized carbons (Fsp3) is 0.571. The molecule has 0 spiro atoms. The Hall–Kier alpha value is -0.910. The summed E-state index contributed by atoms with van der Waals surface area (Å²) in [5.74, 6) is 0.976. The molecule has 1 aromatic heterocycles. The highest BCUT2D eigenvalue weighted by Gasteiger charge is 2.04. The number of alkyl halides is 1. The van der Waals surface area contributed by atoms with E-state index in [2.05, 4.69) is 31.4 Å². The number of amides is 1. The molecule has 5 nitrogen and oxygen atoms in total. The Kier molecular flexibility index (Phi) is 3.88. The molecule has 1 amide bonds. The summed E-state index contributed by atoms with van der Waals surface area (Å²) in [7, 11) is 0. The largest absolute Gasteiger partial charge is 0.349 e. The molecule has 0 bridgehead atoms. The first-order chi connectivity index (χ1) is 6.22. The molecule has 1 aromatic rings. The SMILES string of the molecule is Cc1nc(CNC(=O)CCBr)no1. The lowest BCUT2D eigenvalue weighted by molar-refractivity contribution is -0.120. The minimum atomic E-state index is -0.0284. The topological polar surface area (TPSA) is 68.0 Å². The first-order valence-electron chi connectivity index (χ1n) is 3.84. The van der Waals surface area contributed by atoms with Crippen molar-refractivity contribution < 1.29 is 9.32 Å². The third kappa shape index (κ3) is 3.54. The van der Waals surface area contributed by atoms with E-state index in [9.17, 15) is 4.79 Å². The summed E-state index contributed by atoms with van der Waals surface area (Å²) < 4.78 is 4.74. The van der Waals surface area contributed by atoms with Gasteiger partial charge in [0.05, 0.1) is 6.54 Å². The van der Waals surface area contributed by atoms with Crippen molar-refractivity contribution >= 4 is 21.8 Å². The van der Waals surface area contributed by atoms with Crippen LogP contribution in [-0.2, 0) is 11.3 Å². The number of carbonyl (C=O) groups is 1. The molecule has 0 aliphatic heterocycles. The normalized spacial score (nSPS) is 10.0. The van der Waals surface area contributed by atoms with Gasteiger partial charge in [0, 0.05) is 18.7 Å². The Morgan fingerprint density at radius 3 is 3.00 bits per heavy atom. The second-order valence-electron chi connectivity index (χ2n) is 2.45. The molecular formula is C7H10BrN3O2. The van der Waals surface area contributed by atoms with Gasteiger partial charge in [0.25, 0.3) is 0 Å². The van der Waals surface area contributed by atoms with Crippen molar-refractivity contribution in [1.82, 2.24) is 15.5 Å². The summed E-state index contributed by atoms with van der Waals surface area (Å²) in [5, 5.41) is 6.95. The van der Waals surface area contributed by atoms with Gasteiger partial charge in [0.15, 0.2) is 5.82 Å². The van der Waals surface area contributed by atoms with Crippen LogP contribution in [0.5, 0.6) is 0 Å². The predicted octanol–water partition coefficient (Wildman–Crippen LogP) is 0.779. The predicted molar refractivity (Wildman–Crippen MR) is 49.3 cm³/mol. The molecule has 0 aliphatic carbocycles. The van der Waals surface area contributed by atoms with Crippen molar-refractivity contribution in [3.63, 3.8) is 0 Å². The monoisotopic (exact) mass is 247 g/mol. The van der Waals surface area contributed by atoms with Gasteiger partial charge >= 0.3 is 0 Å². The van der Waals surface area contributed by atoms with E-state index in [1.807, 2.05) is 0 Å². The van der Waals surface area contributed by atoms with Crippen LogP contribution >= 0.6 is 15.9 Å². The van der Waals surface area contributed by atoms with Crippen LogP contribution in [0.4, 0.5) is 0 Å². The zero-order valence-electron chi connectivity index (χ0n) is 7.21. The third-order valence-corrected chi connectivity index (χ3v) is 1.73. The van der Waals surface area contributed by atoms with E-state index in [0.29, 0.717) is 30.0 Å². The molecule has 1 rings (SSSR count). The van der Waals surface area contributed by atoms with E-state index in [4.69, 9.17) is 4.52 Å². The fourth-order valence-corrected chi connectivity index (χ4v) is 1.13. The van der Waals surface area contributed by atoms with Crippen LogP contribution in [0.2, 0.25) is 0 Å². The molecular weight excluding hydrogens is 238 g/mol. The van der Waals surface area contributed by atoms with E-state index < -0.39 is 0 Å². The first kappa shape index (κ1) is 10.2. The maximum atomic E-state index is 11.0. The summed E-state index contributed by atoms with van der Waals surface area (Å²) in [6.07, 6.45) is 0.455. The highest BCUT2D eigenvalue weighted by atomic mass is 79.9. The molecule has 0 saturated carbocycles. The molecule has 13 heavy (non-hydrogen) atoms. The van der Waals surface area contributed by atoms with Gasteiger partial charge in [-0.3, -0.25) is 4.79 Å². The van der Waals surface area contributed by atoms with E-state index in [1.54, 1.807) is 6.92 Å². The average Bonchev–Trinajstić information content (AvgIpc) is 2.49. The maximum absolute atomic E-state index is 11.0. The quantitative estimate of drug-likeness (QED) is 0.799. The molecule has 0 unspecified atom stereocenters. The lowest BCUT2D eigenvalue weighted by Crippen LogP contribution is -2.23. The molecule has 0 atom stereocenters. The van der Waals surface area contributed by atoms with Gasteiger partial charge in [-0.05, 0) is 0 Å². The smallest absolute Gasteiger partial charge is 0.223 e. The van der Waals surface area contributed by atoms with Gasteiger partial charge in [-0.1, -0.05) is 21.1 Å². The average molecular weight is 248 g/mol. The second-order valence-corrected chi connectivity index (χ2v) is 3.24. The number of hydrogen-bond donors (Lipinski definition) is 1. The highest BCUT2D eigenvalue weighted by molar-refractivity contribution is 9.09. The number of nitrogens with zero attached hydrogens (tertiary/aromatic N) is 2. The standard InChI is InChI=1S/C7H10BrN3O2/c1-5-10-6(11-13-5)4-9-7(12)2-3-8/h2-4H2,1H3,(H,9,12). The molecule has 0 aromatic carbocycles. The fourth-order valence-electron chi connectivity index (χ4n) is 0.765. The van der Waals surface area contributed by atoms with Crippen molar-refractivity contribution in [2.45, 2.75) is 19.9 Å². The van der Waals surface area contributed by atoms with Crippen LogP contribution in [0.1, 0.15) is 18.1 Å². The Bertz CT molecular complexity index is 287. The van der Waals surface area contributed by atoms with Gasteiger partial charge in [0.1, 0.15) is 0 Å². The lowest BCUT2D eigenvalue weighted by atomic mass is 10.4. The summed E-state index contributed by atoms with van der Waals surface area (Å²) in [4.78, 5) is 14.9. The maximum Gasteiger partial charge on any atom is 0.223 e. The molecule has 0 aliphatic rings. The Balaban J connectivity index is 2.30. The van der Waals surface area contributed by atoms with Gasteiger partial charge in [-0.25, -0.2) is 0 Å². The minimum Gasteiger partial charge on any atom is -0.349 e. The van der Waals surface area contributed by atoms with Gasteiger partial charge in [-0.15, -0.1) is 0 Å². The number of nitrogens with one attached hydrogen (secondary N) is 1. The first-order valence-corrected chi connectivity index (χ1v) is 4.96. The van der Waals surface area contributed by atoms with Crippen LogP contribution < -0.4 is 5.32 Å². The molecule has 1 N–H and O–H groups in total. The molecule has 0 fully saturated rings. The zero-order chi connectivity index (χ0) is 9.68. The number of rotatable bonds is 4. The Morgan fingerprint density at radius 1 is 1.69 bits per heavy atom. The Labute approximate surface area is 84.0 Å². The van der Waals surface area contributed by atoms with Crippen LogP contribution in [-0.4, -0.2) is 21.4 Å². The van der Waals surface area contributed by atoms with Gasteiger partial charge in [0.2, 0.25) is 11.8 Å². The van der Waals surface area contributed by atoms with E-state index in [-0.39, 0.29) is 5.91 Å². The zero-order valence-corrected chi connectivity index (χ0v) is 8.80. The highest BCUT2D eigenvalue weighted by Crippen LogP contribution is 1.94. The number of halogens is 1. The van der Waals surface area contributed by atoms with Crippen molar-refractivity contribution in [1.29, 1.82) is 0 Å². The van der Waals surface area contributed by atoms with E-state index in [1.165, 1.54) is 0 Å². The van der Waals surface area contributed by atoms with Crippen LogP contribution in [0, 0.1) is 6.92 Å².